The largest absolute Gasteiger partial charge is 0.313 e. The van der Waals surface area contributed by atoms with E-state index in [1.807, 2.05) is 6.20 Å². The van der Waals surface area contributed by atoms with E-state index >= 15 is 0 Å². The van der Waals surface area contributed by atoms with Crippen molar-refractivity contribution in [3.8, 4) is 0 Å². The van der Waals surface area contributed by atoms with Gasteiger partial charge in [-0.1, -0.05) is 43.7 Å². The van der Waals surface area contributed by atoms with Crippen molar-refractivity contribution in [2.45, 2.75) is 46.6 Å². The summed E-state index contributed by atoms with van der Waals surface area (Å²) >= 11 is 0. The second kappa shape index (κ2) is 7.94. The fraction of sp³-hybridized carbons (Fsp3) is 0.421. The molecule has 0 radical (unpaired) electrons. The second-order valence-corrected chi connectivity index (χ2v) is 5.64. The number of hydrogen-bond donors (Lipinski definition) is 1. The van der Waals surface area contributed by atoms with Crippen LogP contribution in [0.4, 0.5) is 0 Å². The number of benzene rings is 1. The van der Waals surface area contributed by atoms with Crippen LogP contribution in [-0.4, -0.2) is 11.5 Å². The quantitative estimate of drug-likeness (QED) is 0.775. The number of nitrogens with zero attached hydrogens (tertiary/aromatic N) is 1. The highest BCUT2D eigenvalue weighted by atomic mass is 14.8. The molecule has 1 aromatic heterocycles. The van der Waals surface area contributed by atoms with Crippen LogP contribution in [0.15, 0.2) is 36.5 Å². The third-order valence-corrected chi connectivity index (χ3v) is 3.77. The molecule has 2 heteroatoms. The van der Waals surface area contributed by atoms with Crippen molar-refractivity contribution < 1.29 is 0 Å². The Morgan fingerprint density at radius 2 is 1.90 bits per heavy atom. The van der Waals surface area contributed by atoms with Gasteiger partial charge in [-0.15, -0.1) is 0 Å². The molecular formula is C19H26N2. The fourth-order valence-corrected chi connectivity index (χ4v) is 2.46. The van der Waals surface area contributed by atoms with E-state index in [9.17, 15) is 0 Å². The summed E-state index contributed by atoms with van der Waals surface area (Å²) in [5.74, 6) is 0. The van der Waals surface area contributed by atoms with Gasteiger partial charge < -0.3 is 5.32 Å². The molecule has 112 valence electrons. The van der Waals surface area contributed by atoms with Gasteiger partial charge in [-0.25, -0.2) is 0 Å². The van der Waals surface area contributed by atoms with Crippen LogP contribution in [0.3, 0.4) is 0 Å². The van der Waals surface area contributed by atoms with Crippen LogP contribution in [0.1, 0.15) is 48.2 Å². The summed E-state index contributed by atoms with van der Waals surface area (Å²) < 4.78 is 0. The monoisotopic (exact) mass is 282 g/mol. The van der Waals surface area contributed by atoms with Crippen molar-refractivity contribution in [3.05, 3.63) is 64.5 Å². The number of rotatable bonds is 7. The van der Waals surface area contributed by atoms with Crippen LogP contribution in [0.5, 0.6) is 0 Å². The molecule has 0 amide bonds. The molecule has 0 aliphatic heterocycles. The minimum Gasteiger partial charge on any atom is -0.313 e. The maximum atomic E-state index is 4.59. The number of nitrogens with one attached hydrogen (secondary N) is 1. The standard InChI is InChI=1S/C19H26N2/c1-4-10-20-14-17-8-6-15(3)11-18(17)12-19-9-7-16(5-2)13-21-19/h6-9,11,13,20H,4-5,10,12,14H2,1-3H3. The lowest BCUT2D eigenvalue weighted by atomic mass is 9.99. The van der Waals surface area contributed by atoms with E-state index in [1.54, 1.807) is 0 Å². The van der Waals surface area contributed by atoms with Crippen LogP contribution >= 0.6 is 0 Å². The zero-order valence-electron chi connectivity index (χ0n) is 13.4. The van der Waals surface area contributed by atoms with Crippen LogP contribution in [-0.2, 0) is 19.4 Å². The third kappa shape index (κ3) is 4.68. The van der Waals surface area contributed by atoms with Crippen LogP contribution < -0.4 is 5.32 Å². The molecule has 2 aromatic rings. The lowest BCUT2D eigenvalue weighted by molar-refractivity contribution is 0.671. The maximum Gasteiger partial charge on any atom is 0.0447 e. The van der Waals surface area contributed by atoms with Crippen LogP contribution in [0, 0.1) is 6.92 Å². The lowest BCUT2D eigenvalue weighted by Crippen LogP contribution is -2.15. The van der Waals surface area contributed by atoms with Gasteiger partial charge >= 0.3 is 0 Å². The van der Waals surface area contributed by atoms with Crippen molar-refractivity contribution in [3.63, 3.8) is 0 Å². The zero-order chi connectivity index (χ0) is 15.1. The molecule has 0 saturated carbocycles. The molecular weight excluding hydrogens is 256 g/mol. The van der Waals surface area contributed by atoms with Crippen molar-refractivity contribution in [2.24, 2.45) is 0 Å². The molecule has 0 bridgehead atoms. The Bertz CT molecular complexity index is 558. The van der Waals surface area contributed by atoms with Gasteiger partial charge in [0.15, 0.2) is 0 Å². The second-order valence-electron chi connectivity index (χ2n) is 5.64. The first-order chi connectivity index (χ1) is 10.2. The van der Waals surface area contributed by atoms with E-state index in [4.69, 9.17) is 0 Å². The Balaban J connectivity index is 2.14. The molecule has 0 spiro atoms. The van der Waals surface area contributed by atoms with E-state index in [0.29, 0.717) is 0 Å². The summed E-state index contributed by atoms with van der Waals surface area (Å²) in [6.45, 7) is 8.52. The lowest BCUT2D eigenvalue weighted by Gasteiger charge is -2.12. The Morgan fingerprint density at radius 1 is 1.05 bits per heavy atom. The summed E-state index contributed by atoms with van der Waals surface area (Å²) in [7, 11) is 0. The predicted molar refractivity (Wildman–Crippen MR) is 89.6 cm³/mol. The van der Waals surface area contributed by atoms with Gasteiger partial charge in [0.2, 0.25) is 0 Å². The first-order valence-corrected chi connectivity index (χ1v) is 7.95. The molecule has 0 aliphatic rings. The van der Waals surface area contributed by atoms with Gasteiger partial charge in [-0.05, 0) is 49.1 Å². The van der Waals surface area contributed by atoms with Gasteiger partial charge in [0, 0.05) is 24.9 Å². The van der Waals surface area contributed by atoms with E-state index in [0.717, 1.165) is 31.6 Å². The van der Waals surface area contributed by atoms with Gasteiger partial charge in [0.05, 0.1) is 0 Å². The first kappa shape index (κ1) is 15.7. The number of aryl methyl sites for hydroxylation is 2. The van der Waals surface area contributed by atoms with E-state index in [1.165, 1.54) is 28.7 Å². The number of hydrogen-bond acceptors (Lipinski definition) is 2. The molecule has 1 heterocycles. The minimum absolute atomic E-state index is 0.912. The zero-order valence-corrected chi connectivity index (χ0v) is 13.4. The summed E-state index contributed by atoms with van der Waals surface area (Å²) in [4.78, 5) is 4.59. The topological polar surface area (TPSA) is 24.9 Å². The Morgan fingerprint density at radius 3 is 2.57 bits per heavy atom. The van der Waals surface area contributed by atoms with Crippen LogP contribution in [0.25, 0.3) is 0 Å². The van der Waals surface area contributed by atoms with Crippen molar-refractivity contribution >= 4 is 0 Å². The normalized spacial score (nSPS) is 10.8. The Hall–Kier alpha value is -1.67. The van der Waals surface area contributed by atoms with E-state index in [-0.39, 0.29) is 0 Å². The molecule has 1 N–H and O–H groups in total. The predicted octanol–water partition coefficient (Wildman–Crippen LogP) is 4.04. The Labute approximate surface area is 128 Å². The van der Waals surface area contributed by atoms with Crippen molar-refractivity contribution in [2.75, 3.05) is 6.54 Å². The molecule has 0 unspecified atom stereocenters. The SMILES string of the molecule is CCCNCc1ccc(C)cc1Cc1ccc(CC)cn1. The minimum atomic E-state index is 0.912. The van der Waals surface area contributed by atoms with Gasteiger partial charge in [0.1, 0.15) is 0 Å². The maximum absolute atomic E-state index is 4.59. The van der Waals surface area contributed by atoms with Crippen molar-refractivity contribution in [1.82, 2.24) is 10.3 Å². The summed E-state index contributed by atoms with van der Waals surface area (Å²) in [6.07, 6.45) is 5.13. The smallest absolute Gasteiger partial charge is 0.0447 e. The summed E-state index contributed by atoms with van der Waals surface area (Å²) in [6, 6.07) is 11.1. The van der Waals surface area contributed by atoms with E-state index in [2.05, 4.69) is 61.4 Å². The van der Waals surface area contributed by atoms with Crippen molar-refractivity contribution in [1.29, 1.82) is 0 Å². The Kier molecular flexibility index (Phi) is 5.94. The van der Waals surface area contributed by atoms with Crippen LogP contribution in [0.2, 0.25) is 0 Å². The number of pyridine rings is 1. The van der Waals surface area contributed by atoms with Gasteiger partial charge in [-0.2, -0.15) is 0 Å². The average Bonchev–Trinajstić information content (AvgIpc) is 2.50. The molecule has 2 rings (SSSR count). The highest BCUT2D eigenvalue weighted by molar-refractivity contribution is 5.34. The molecule has 0 fully saturated rings. The fourth-order valence-electron chi connectivity index (χ4n) is 2.46. The summed E-state index contributed by atoms with van der Waals surface area (Å²) in [5.41, 5.74) is 6.53. The third-order valence-electron chi connectivity index (χ3n) is 3.77. The average molecular weight is 282 g/mol. The number of aromatic nitrogens is 1. The first-order valence-electron chi connectivity index (χ1n) is 7.95. The highest BCUT2D eigenvalue weighted by Crippen LogP contribution is 2.16. The van der Waals surface area contributed by atoms with Gasteiger partial charge in [0.25, 0.3) is 0 Å². The van der Waals surface area contributed by atoms with E-state index < -0.39 is 0 Å². The molecule has 0 atom stereocenters. The molecule has 2 nitrogen and oxygen atoms in total. The molecule has 0 aliphatic carbocycles. The molecule has 1 aromatic carbocycles. The summed E-state index contributed by atoms with van der Waals surface area (Å²) in [5, 5.41) is 3.49. The van der Waals surface area contributed by atoms with Gasteiger partial charge in [-0.3, -0.25) is 4.98 Å². The molecule has 21 heavy (non-hydrogen) atoms. The molecule has 0 saturated heterocycles. The highest BCUT2D eigenvalue weighted by Gasteiger charge is 2.05.